The highest BCUT2D eigenvalue weighted by Crippen LogP contribution is 2.53. The Morgan fingerprint density at radius 2 is 0.667 bits per heavy atom. The summed E-state index contributed by atoms with van der Waals surface area (Å²) in [6, 6.07) is 53.4. The number of methoxy groups -OCH3 is 4. The molecule has 0 spiro atoms. The van der Waals surface area contributed by atoms with Crippen molar-refractivity contribution in [3.8, 4) is 23.0 Å². The van der Waals surface area contributed by atoms with E-state index >= 15 is 0 Å². The molecule has 2 fully saturated rings. The van der Waals surface area contributed by atoms with E-state index in [4.69, 9.17) is 56.0 Å². The normalized spacial score (nSPS) is 20.1. The fourth-order valence-corrected chi connectivity index (χ4v) is 15.1. The second-order valence-electron chi connectivity index (χ2n) is 22.6. The van der Waals surface area contributed by atoms with E-state index in [2.05, 4.69) is 151 Å². The smallest absolute Gasteiger partial charge is 0.259 e. The van der Waals surface area contributed by atoms with Crippen LogP contribution in [0.3, 0.4) is 0 Å². The van der Waals surface area contributed by atoms with Gasteiger partial charge in [-0.3, -0.25) is 0 Å². The van der Waals surface area contributed by atoms with E-state index in [0.29, 0.717) is 12.8 Å². The van der Waals surface area contributed by atoms with E-state index in [1.165, 1.54) is 0 Å². The maximum atomic E-state index is 7.40. The van der Waals surface area contributed by atoms with Crippen molar-refractivity contribution in [2.75, 3.05) is 54.9 Å². The molecule has 2 saturated heterocycles. The van der Waals surface area contributed by atoms with Gasteiger partial charge in [-0.2, -0.15) is 0 Å². The predicted molar refractivity (Wildman–Crippen MR) is 334 cm³/mol. The first kappa shape index (κ1) is 65.0. The minimum absolute atomic E-state index is 0.0849. The van der Waals surface area contributed by atoms with Crippen molar-refractivity contribution in [1.82, 2.24) is 9.34 Å². The molecule has 2 aliphatic heterocycles. The zero-order valence-electron chi connectivity index (χ0n) is 51.7. The summed E-state index contributed by atoms with van der Waals surface area (Å²) < 4.78 is 83.8. The third-order valence-electron chi connectivity index (χ3n) is 15.5. The summed E-state index contributed by atoms with van der Waals surface area (Å²) in [6.07, 6.45) is -0.372. The maximum absolute atomic E-state index is 7.40. The van der Waals surface area contributed by atoms with Gasteiger partial charge >= 0.3 is 0 Å². The largest absolute Gasteiger partial charge is 0.497 e. The van der Waals surface area contributed by atoms with Crippen molar-refractivity contribution in [1.29, 1.82) is 0 Å². The van der Waals surface area contributed by atoms with Gasteiger partial charge in [-0.25, -0.2) is 9.34 Å². The molecule has 14 nitrogen and oxygen atoms in total. The fraction of sp³-hybridized carbons (Fsp3) is 0.471. The first-order valence-electron chi connectivity index (χ1n) is 29.6. The number of rotatable bonds is 31. The minimum atomic E-state index is -1.63. The lowest BCUT2D eigenvalue weighted by Crippen LogP contribution is -2.40. The van der Waals surface area contributed by atoms with Crippen LogP contribution in [0.5, 0.6) is 23.0 Å². The van der Waals surface area contributed by atoms with Gasteiger partial charge in [0.25, 0.3) is 17.1 Å². The summed E-state index contributed by atoms with van der Waals surface area (Å²) in [5, 5.41) is 0. The van der Waals surface area contributed by atoms with Crippen molar-refractivity contribution in [2.24, 2.45) is 0 Å². The van der Waals surface area contributed by atoms with Crippen molar-refractivity contribution in [3.63, 3.8) is 0 Å². The van der Waals surface area contributed by atoms with E-state index in [0.717, 1.165) is 56.4 Å². The number of hydrogen-bond acceptors (Lipinski definition) is 14. The summed E-state index contributed by atoms with van der Waals surface area (Å²) in [5.41, 5.74) is 3.64. The van der Waals surface area contributed by atoms with Crippen LogP contribution in [-0.2, 0) is 48.2 Å². The monoisotopic (exact) mass is 1190 g/mol. The van der Waals surface area contributed by atoms with Crippen LogP contribution >= 0.6 is 17.1 Å². The molecule has 0 aromatic heterocycles. The van der Waals surface area contributed by atoms with Crippen molar-refractivity contribution in [3.05, 3.63) is 191 Å². The third kappa shape index (κ3) is 15.4. The van der Waals surface area contributed by atoms with E-state index in [1.54, 1.807) is 28.4 Å². The Balaban J connectivity index is 1.02. The Kier molecular flexibility index (Phi) is 23.6. The first-order valence-corrected chi connectivity index (χ1v) is 31.8. The van der Waals surface area contributed by atoms with Crippen LogP contribution in [-0.4, -0.2) is 125 Å². The highest BCUT2D eigenvalue weighted by molar-refractivity contribution is 7.45. The molecule has 2 aliphatic rings. The number of benzene rings is 6. The van der Waals surface area contributed by atoms with Gasteiger partial charge < -0.3 is 56.0 Å². The van der Waals surface area contributed by atoms with Gasteiger partial charge in [0, 0.05) is 37.0 Å². The average molecular weight is 1190 g/mol. The number of ether oxygens (including phenoxy) is 8. The van der Waals surface area contributed by atoms with Crippen LogP contribution in [0.2, 0.25) is 0 Å². The lowest BCUT2D eigenvalue weighted by atomic mass is 9.80. The molecule has 0 amide bonds. The van der Waals surface area contributed by atoms with Gasteiger partial charge in [-0.1, -0.05) is 109 Å². The molecule has 0 bridgehead atoms. The lowest BCUT2D eigenvalue weighted by molar-refractivity contribution is -0.0784. The quantitative estimate of drug-likeness (QED) is 0.0233. The minimum Gasteiger partial charge on any atom is -0.497 e. The molecule has 16 heteroatoms. The predicted octanol–water partition coefficient (Wildman–Crippen LogP) is 14.9. The van der Waals surface area contributed by atoms with Crippen LogP contribution < -0.4 is 18.9 Å². The van der Waals surface area contributed by atoms with Gasteiger partial charge in [0.1, 0.15) is 46.4 Å². The highest BCUT2D eigenvalue weighted by Gasteiger charge is 2.46. The van der Waals surface area contributed by atoms with Crippen LogP contribution in [0.1, 0.15) is 115 Å². The lowest BCUT2D eigenvalue weighted by Gasteiger charge is -2.39. The van der Waals surface area contributed by atoms with Crippen LogP contribution in [0, 0.1) is 0 Å². The zero-order chi connectivity index (χ0) is 60.0. The number of nitrogens with zero attached hydrogens (tertiary/aromatic N) is 2. The Bertz CT molecular complexity index is 2560. The molecule has 6 aromatic rings. The molecule has 0 saturated carbocycles. The molecular weight excluding hydrogens is 1100 g/mol. The highest BCUT2D eigenvalue weighted by atomic mass is 31.2. The molecule has 8 atom stereocenters. The molecule has 0 N–H and O–H groups in total. The van der Waals surface area contributed by atoms with Crippen LogP contribution in [0.15, 0.2) is 158 Å². The average Bonchev–Trinajstić information content (AvgIpc) is 1.34. The Morgan fingerprint density at radius 1 is 0.405 bits per heavy atom. The molecule has 454 valence electrons. The third-order valence-corrected chi connectivity index (χ3v) is 19.8. The summed E-state index contributed by atoms with van der Waals surface area (Å²) in [7, 11) is 3.45. The summed E-state index contributed by atoms with van der Waals surface area (Å²) in [4.78, 5) is 0. The molecule has 0 radical (unpaired) electrons. The topological polar surface area (TPSA) is 117 Å². The van der Waals surface area contributed by atoms with Gasteiger partial charge in [-0.15, -0.1) is 0 Å². The molecule has 8 rings (SSSR count). The maximum Gasteiger partial charge on any atom is 0.259 e. The van der Waals surface area contributed by atoms with Gasteiger partial charge in [0.2, 0.25) is 0 Å². The standard InChI is InChI=1S/C68H90N2O12P2/c1-47(2)69(48(3)4)83(81-63-43-51(9)79-65(63)45-75-67(53-21-17-15-18-22-53,55-25-33-59(71-11)34-26-55)56-27-35-60(72-12)36-28-56)77-41-42-78-84(70(49(5)6)50(7)8)82-64-44-52(10)80-66(64)46-76-68(54-23-19-16-20-24-54,57-29-37-61(73-13)38-30-57)58-31-39-62(74-14)40-32-58/h15-40,47-52,63-66H,41-46H2,1-14H3/t51-,52-,63?,64?,65+,66+,83?,84?/m0/s1. The Hall–Kier alpha value is -5.02. The summed E-state index contributed by atoms with van der Waals surface area (Å²) in [5.74, 6) is 3.01. The fourth-order valence-electron chi connectivity index (χ4n) is 11.6. The van der Waals surface area contributed by atoms with E-state index < -0.39 is 40.5 Å². The second kappa shape index (κ2) is 30.6. The molecular formula is C68H90N2O12P2. The van der Waals surface area contributed by atoms with Crippen LogP contribution in [0.4, 0.5) is 0 Å². The number of hydrogen-bond donors (Lipinski definition) is 0. The second-order valence-corrected chi connectivity index (χ2v) is 25.5. The molecule has 4 unspecified atom stereocenters. The van der Waals surface area contributed by atoms with Crippen molar-refractivity contribution in [2.45, 2.75) is 154 Å². The summed E-state index contributed by atoms with van der Waals surface area (Å²) >= 11 is 0. The molecule has 84 heavy (non-hydrogen) atoms. The van der Waals surface area contributed by atoms with Crippen molar-refractivity contribution >= 4 is 17.1 Å². The first-order chi connectivity index (χ1) is 40.5. The van der Waals surface area contributed by atoms with Gasteiger partial charge in [0.05, 0.1) is 79.3 Å². The molecule has 2 heterocycles. The molecule has 0 aliphatic carbocycles. The Labute approximate surface area is 503 Å². The van der Waals surface area contributed by atoms with Gasteiger partial charge in [-0.05, 0) is 151 Å². The van der Waals surface area contributed by atoms with Crippen LogP contribution in [0.25, 0.3) is 0 Å². The van der Waals surface area contributed by atoms with Crippen molar-refractivity contribution < 1.29 is 56.0 Å². The van der Waals surface area contributed by atoms with Gasteiger partial charge in [0.15, 0.2) is 0 Å². The SMILES string of the molecule is COc1ccc(C(OC[C@H]2O[C@@H](C)CC2OP(OCCOP(OC2C[C@H](C)O[C@@H]2COC(c2ccccc2)(c2ccc(OC)cc2)c2ccc(OC)cc2)N(C(C)C)C(C)C)N(C(C)C)C(C)C)(c2ccccc2)c2ccc(OC)cc2)cc1. The van der Waals surface area contributed by atoms with E-state index in [1.807, 2.05) is 84.9 Å². The van der Waals surface area contributed by atoms with E-state index in [9.17, 15) is 0 Å². The zero-order valence-corrected chi connectivity index (χ0v) is 53.5. The molecule has 6 aromatic carbocycles. The van der Waals surface area contributed by atoms with E-state index in [-0.39, 0.29) is 75.0 Å². The summed E-state index contributed by atoms with van der Waals surface area (Å²) in [6.45, 7) is 22.6. The Morgan fingerprint density at radius 3 is 0.917 bits per heavy atom.